The number of amides is 2. The van der Waals surface area contributed by atoms with Crippen molar-refractivity contribution in [3.8, 4) is 0 Å². The first-order valence-corrected chi connectivity index (χ1v) is 8.27. The molecule has 0 saturated heterocycles. The van der Waals surface area contributed by atoms with Crippen molar-refractivity contribution in [3.63, 3.8) is 0 Å². The molecule has 0 bridgehead atoms. The van der Waals surface area contributed by atoms with Crippen LogP contribution in [-0.4, -0.2) is 41.9 Å². The minimum absolute atomic E-state index is 0.0493. The third-order valence-electron chi connectivity index (χ3n) is 3.56. The Balaban J connectivity index is 2.03. The van der Waals surface area contributed by atoms with E-state index in [0.717, 1.165) is 5.56 Å². The van der Waals surface area contributed by atoms with E-state index in [9.17, 15) is 14.4 Å². The largest absolute Gasteiger partial charge is 0.383 e. The molecule has 0 atom stereocenters. The lowest BCUT2D eigenvalue weighted by atomic mass is 10.1. The highest BCUT2D eigenvalue weighted by Crippen LogP contribution is 2.11. The van der Waals surface area contributed by atoms with Crippen LogP contribution in [0.4, 0.5) is 5.69 Å². The van der Waals surface area contributed by atoms with E-state index in [1.54, 1.807) is 24.3 Å². The van der Waals surface area contributed by atoms with Crippen molar-refractivity contribution >= 4 is 17.5 Å². The first-order valence-electron chi connectivity index (χ1n) is 8.27. The van der Waals surface area contributed by atoms with Gasteiger partial charge in [0.15, 0.2) is 0 Å². The van der Waals surface area contributed by atoms with Crippen molar-refractivity contribution in [2.75, 3.05) is 25.6 Å². The van der Waals surface area contributed by atoms with Crippen LogP contribution in [0.15, 0.2) is 41.2 Å². The van der Waals surface area contributed by atoms with Gasteiger partial charge < -0.3 is 15.4 Å². The molecule has 1 heterocycles. The van der Waals surface area contributed by atoms with Gasteiger partial charge in [0.2, 0.25) is 5.91 Å². The minimum atomic E-state index is -0.423. The van der Waals surface area contributed by atoms with Crippen LogP contribution in [0.5, 0.6) is 0 Å². The van der Waals surface area contributed by atoms with Gasteiger partial charge in [-0.05, 0) is 30.7 Å². The number of rotatable bonds is 8. The van der Waals surface area contributed by atoms with Gasteiger partial charge in [0.25, 0.3) is 11.5 Å². The van der Waals surface area contributed by atoms with Crippen molar-refractivity contribution in [3.05, 3.63) is 58.0 Å². The topological polar surface area (TPSA) is 102 Å². The van der Waals surface area contributed by atoms with Crippen molar-refractivity contribution in [2.24, 2.45) is 0 Å². The highest BCUT2D eigenvalue weighted by Gasteiger charge is 2.10. The fraction of sp³-hybridized carbons (Fsp3) is 0.333. The maximum Gasteiger partial charge on any atom is 0.276 e. The third-order valence-corrected chi connectivity index (χ3v) is 3.56. The monoisotopic (exact) mass is 358 g/mol. The standard InChI is InChI=1S/C18H22N4O4/c1-3-19-16(23)12-13-4-6-14(7-5-13)20-18(25)15-8-9-17(24)22(21-15)10-11-26-2/h4-9H,3,10-12H2,1-2H3,(H,19,23)(H,20,25). The molecule has 138 valence electrons. The van der Waals surface area contributed by atoms with Gasteiger partial charge in [-0.15, -0.1) is 0 Å². The number of nitrogens with one attached hydrogen (secondary N) is 2. The molecule has 0 fully saturated rings. The Morgan fingerprint density at radius 3 is 2.54 bits per heavy atom. The Morgan fingerprint density at radius 1 is 1.15 bits per heavy atom. The molecule has 0 radical (unpaired) electrons. The van der Waals surface area contributed by atoms with Crippen LogP contribution in [0.1, 0.15) is 23.0 Å². The number of carbonyl (C=O) groups is 2. The normalized spacial score (nSPS) is 10.4. The van der Waals surface area contributed by atoms with Crippen LogP contribution < -0.4 is 16.2 Å². The third kappa shape index (κ3) is 5.52. The van der Waals surface area contributed by atoms with Gasteiger partial charge in [0.1, 0.15) is 5.69 Å². The molecule has 1 aromatic carbocycles. The lowest BCUT2D eigenvalue weighted by Crippen LogP contribution is -2.27. The second-order valence-corrected chi connectivity index (χ2v) is 5.55. The van der Waals surface area contributed by atoms with E-state index in [-0.39, 0.29) is 30.1 Å². The molecule has 2 N–H and O–H groups in total. The summed E-state index contributed by atoms with van der Waals surface area (Å²) < 4.78 is 6.11. The summed E-state index contributed by atoms with van der Waals surface area (Å²) in [5, 5.41) is 9.49. The summed E-state index contributed by atoms with van der Waals surface area (Å²) in [4.78, 5) is 35.6. The van der Waals surface area contributed by atoms with Crippen LogP contribution in [-0.2, 0) is 22.5 Å². The first-order chi connectivity index (χ1) is 12.5. The summed E-state index contributed by atoms with van der Waals surface area (Å²) in [5.74, 6) is -0.473. The summed E-state index contributed by atoms with van der Waals surface area (Å²) in [5.41, 5.74) is 1.26. The Morgan fingerprint density at radius 2 is 1.88 bits per heavy atom. The molecule has 0 aliphatic carbocycles. The number of ether oxygens (including phenoxy) is 1. The molecule has 26 heavy (non-hydrogen) atoms. The molecule has 0 aliphatic rings. The van der Waals surface area contributed by atoms with Gasteiger partial charge in [-0.2, -0.15) is 5.10 Å². The van der Waals surface area contributed by atoms with E-state index in [2.05, 4.69) is 15.7 Å². The van der Waals surface area contributed by atoms with Gasteiger partial charge in [0, 0.05) is 25.4 Å². The number of likely N-dealkylation sites (N-methyl/N-ethyl adjacent to an activating group) is 1. The molecule has 0 saturated carbocycles. The Hall–Kier alpha value is -3.00. The molecule has 8 nitrogen and oxygen atoms in total. The molecule has 2 amide bonds. The number of carbonyl (C=O) groups excluding carboxylic acids is 2. The van der Waals surface area contributed by atoms with Crippen LogP contribution >= 0.6 is 0 Å². The lowest BCUT2D eigenvalue weighted by Gasteiger charge is -2.08. The fourth-order valence-electron chi connectivity index (χ4n) is 2.25. The molecule has 2 aromatic rings. The SMILES string of the molecule is CCNC(=O)Cc1ccc(NC(=O)c2ccc(=O)n(CCOC)n2)cc1. The van der Waals surface area contributed by atoms with E-state index in [1.807, 2.05) is 6.92 Å². The highest BCUT2D eigenvalue weighted by molar-refractivity contribution is 6.02. The molecule has 2 rings (SSSR count). The first kappa shape index (κ1) is 19.3. The average molecular weight is 358 g/mol. The van der Waals surface area contributed by atoms with Crippen molar-refractivity contribution in [1.82, 2.24) is 15.1 Å². The highest BCUT2D eigenvalue weighted by atomic mass is 16.5. The number of aromatic nitrogens is 2. The van der Waals surface area contributed by atoms with Gasteiger partial charge in [0.05, 0.1) is 19.6 Å². The summed E-state index contributed by atoms with van der Waals surface area (Å²) in [6.45, 7) is 3.05. The number of nitrogens with zero attached hydrogens (tertiary/aromatic N) is 2. The van der Waals surface area contributed by atoms with E-state index in [4.69, 9.17) is 4.74 Å². The molecule has 0 spiro atoms. The molecular formula is C18H22N4O4. The predicted octanol–water partition coefficient (Wildman–Crippen LogP) is 0.821. The maximum atomic E-state index is 12.3. The molecule has 8 heteroatoms. The maximum absolute atomic E-state index is 12.3. The van der Waals surface area contributed by atoms with Crippen LogP contribution in [0, 0.1) is 0 Å². The molecule has 1 aromatic heterocycles. The number of benzene rings is 1. The minimum Gasteiger partial charge on any atom is -0.383 e. The molecule has 0 aliphatic heterocycles. The van der Waals surface area contributed by atoms with E-state index in [0.29, 0.717) is 18.8 Å². The van der Waals surface area contributed by atoms with Gasteiger partial charge in [-0.1, -0.05) is 12.1 Å². The zero-order chi connectivity index (χ0) is 18.9. The quantitative estimate of drug-likeness (QED) is 0.727. The Kier molecular flexibility index (Phi) is 7.04. The second-order valence-electron chi connectivity index (χ2n) is 5.55. The summed E-state index contributed by atoms with van der Waals surface area (Å²) in [7, 11) is 1.52. The van der Waals surface area contributed by atoms with E-state index in [1.165, 1.54) is 23.9 Å². The molecule has 0 unspecified atom stereocenters. The van der Waals surface area contributed by atoms with Crippen LogP contribution in [0.25, 0.3) is 0 Å². The van der Waals surface area contributed by atoms with Gasteiger partial charge in [-0.25, -0.2) is 4.68 Å². The second kappa shape index (κ2) is 9.47. The number of hydrogen-bond donors (Lipinski definition) is 2. The zero-order valence-corrected chi connectivity index (χ0v) is 14.8. The summed E-state index contributed by atoms with van der Waals surface area (Å²) in [6.07, 6.45) is 0.286. The molecular weight excluding hydrogens is 336 g/mol. The summed E-state index contributed by atoms with van der Waals surface area (Å²) >= 11 is 0. The zero-order valence-electron chi connectivity index (χ0n) is 14.8. The van der Waals surface area contributed by atoms with E-state index >= 15 is 0 Å². The smallest absolute Gasteiger partial charge is 0.276 e. The fourth-order valence-corrected chi connectivity index (χ4v) is 2.25. The van der Waals surface area contributed by atoms with Crippen LogP contribution in [0.3, 0.4) is 0 Å². The summed E-state index contributed by atoms with van der Waals surface area (Å²) in [6, 6.07) is 9.66. The number of hydrogen-bond acceptors (Lipinski definition) is 5. The van der Waals surface area contributed by atoms with Crippen molar-refractivity contribution in [2.45, 2.75) is 19.9 Å². The van der Waals surface area contributed by atoms with E-state index < -0.39 is 5.91 Å². The van der Waals surface area contributed by atoms with Crippen LogP contribution in [0.2, 0.25) is 0 Å². The van der Waals surface area contributed by atoms with Crippen molar-refractivity contribution < 1.29 is 14.3 Å². The average Bonchev–Trinajstić information content (AvgIpc) is 2.63. The predicted molar refractivity (Wildman–Crippen MR) is 97.2 cm³/mol. The lowest BCUT2D eigenvalue weighted by molar-refractivity contribution is -0.120. The van der Waals surface area contributed by atoms with Crippen molar-refractivity contribution in [1.29, 1.82) is 0 Å². The number of anilines is 1. The number of methoxy groups -OCH3 is 1. The Labute approximate surface area is 151 Å². The Bertz CT molecular complexity index is 815. The van der Waals surface area contributed by atoms with Gasteiger partial charge >= 0.3 is 0 Å². The van der Waals surface area contributed by atoms with Gasteiger partial charge in [-0.3, -0.25) is 14.4 Å².